The molecule has 0 spiro atoms. The molecule has 0 bridgehead atoms. The molecule has 1 aliphatic carbocycles. The average molecular weight is 399 g/mol. The van der Waals surface area contributed by atoms with Crippen LogP contribution in [0.5, 0.6) is 0 Å². The van der Waals surface area contributed by atoms with Crippen molar-refractivity contribution in [2.24, 2.45) is 0 Å². The van der Waals surface area contributed by atoms with Crippen molar-refractivity contribution in [3.05, 3.63) is 23.8 Å². The van der Waals surface area contributed by atoms with Crippen LogP contribution in [0.25, 0.3) is 0 Å². The van der Waals surface area contributed by atoms with Crippen LogP contribution < -0.4 is 10.0 Å². The highest BCUT2D eigenvalue weighted by molar-refractivity contribution is 7.89. The topological polar surface area (TPSA) is 105 Å². The fourth-order valence-corrected chi connectivity index (χ4v) is 4.41. The summed E-state index contributed by atoms with van der Waals surface area (Å²) in [6.45, 7) is 4.54. The zero-order valence-corrected chi connectivity index (χ0v) is 16.8. The quantitative estimate of drug-likeness (QED) is 0.523. The molecule has 1 aromatic carbocycles. The number of carbonyl (C=O) groups is 1. The van der Waals surface area contributed by atoms with E-state index in [2.05, 4.69) is 10.0 Å². The average Bonchev–Trinajstić information content (AvgIpc) is 2.62. The smallest absolute Gasteiger partial charge is 0.335 e. The predicted molar refractivity (Wildman–Crippen MR) is 105 cm³/mol. The molecule has 0 radical (unpaired) electrons. The van der Waals surface area contributed by atoms with Gasteiger partial charge in [-0.1, -0.05) is 19.3 Å². The number of benzene rings is 1. The first-order valence-electron chi connectivity index (χ1n) is 9.55. The van der Waals surface area contributed by atoms with E-state index in [1.165, 1.54) is 18.6 Å². The lowest BCUT2D eigenvalue weighted by atomic mass is 9.95. The van der Waals surface area contributed by atoms with Gasteiger partial charge in [-0.05, 0) is 51.3 Å². The van der Waals surface area contributed by atoms with E-state index in [1.807, 2.05) is 13.8 Å². The molecule has 7 nitrogen and oxygen atoms in total. The Kier molecular flexibility index (Phi) is 8.07. The number of nitrogens with one attached hydrogen (secondary N) is 2. The third kappa shape index (κ3) is 6.79. The van der Waals surface area contributed by atoms with Crippen molar-refractivity contribution >= 4 is 21.7 Å². The van der Waals surface area contributed by atoms with Crippen molar-refractivity contribution in [2.75, 3.05) is 18.5 Å². The maximum absolute atomic E-state index is 12.8. The van der Waals surface area contributed by atoms with Crippen LogP contribution in [-0.2, 0) is 14.8 Å². The Morgan fingerprint density at radius 2 is 1.96 bits per heavy atom. The maximum Gasteiger partial charge on any atom is 0.335 e. The number of carboxylic acids is 1. The maximum atomic E-state index is 12.8. The fourth-order valence-electron chi connectivity index (χ4n) is 3.14. The van der Waals surface area contributed by atoms with Gasteiger partial charge in [0.15, 0.2) is 0 Å². The van der Waals surface area contributed by atoms with Crippen LogP contribution in [0.2, 0.25) is 0 Å². The predicted octanol–water partition coefficient (Wildman–Crippen LogP) is 3.22. The molecule has 1 fully saturated rings. The van der Waals surface area contributed by atoms with Crippen molar-refractivity contribution in [3.8, 4) is 0 Å². The molecule has 2 rings (SSSR count). The number of sulfonamides is 1. The largest absolute Gasteiger partial charge is 0.478 e. The van der Waals surface area contributed by atoms with E-state index in [9.17, 15) is 18.3 Å². The minimum atomic E-state index is -3.83. The SMILES string of the molecule is CC(C)OCCCNS(=O)(=O)c1cc(C(=O)O)ccc1NC1CCCCC1. The zero-order valence-electron chi connectivity index (χ0n) is 16.0. The minimum Gasteiger partial charge on any atom is -0.478 e. The van der Waals surface area contributed by atoms with Gasteiger partial charge in [-0.3, -0.25) is 0 Å². The first-order chi connectivity index (χ1) is 12.8. The van der Waals surface area contributed by atoms with Gasteiger partial charge >= 0.3 is 5.97 Å². The molecule has 152 valence electrons. The van der Waals surface area contributed by atoms with Gasteiger partial charge in [-0.15, -0.1) is 0 Å². The summed E-state index contributed by atoms with van der Waals surface area (Å²) in [5, 5.41) is 12.5. The normalized spacial score (nSPS) is 15.8. The zero-order chi connectivity index (χ0) is 19.9. The second-order valence-electron chi connectivity index (χ2n) is 7.17. The van der Waals surface area contributed by atoms with Crippen molar-refractivity contribution in [3.63, 3.8) is 0 Å². The van der Waals surface area contributed by atoms with Gasteiger partial charge in [0.2, 0.25) is 10.0 Å². The first-order valence-corrected chi connectivity index (χ1v) is 11.0. The fraction of sp³-hybridized carbons (Fsp3) is 0.632. The van der Waals surface area contributed by atoms with E-state index in [4.69, 9.17) is 4.74 Å². The summed E-state index contributed by atoms with van der Waals surface area (Å²) in [5.41, 5.74) is 0.408. The summed E-state index contributed by atoms with van der Waals surface area (Å²) < 4.78 is 33.5. The van der Waals surface area contributed by atoms with Gasteiger partial charge in [0.25, 0.3) is 0 Å². The highest BCUT2D eigenvalue weighted by Crippen LogP contribution is 2.27. The first kappa shape index (κ1) is 21.7. The van der Waals surface area contributed by atoms with E-state index in [0.717, 1.165) is 25.7 Å². The molecule has 0 aliphatic heterocycles. The lowest BCUT2D eigenvalue weighted by Gasteiger charge is -2.25. The molecule has 8 heteroatoms. The van der Waals surface area contributed by atoms with Gasteiger partial charge < -0.3 is 15.2 Å². The molecule has 1 saturated carbocycles. The summed E-state index contributed by atoms with van der Waals surface area (Å²) in [7, 11) is -3.83. The lowest BCUT2D eigenvalue weighted by molar-refractivity contribution is 0.0696. The van der Waals surface area contributed by atoms with Crippen LogP contribution in [0.1, 0.15) is 62.7 Å². The molecule has 0 atom stereocenters. The van der Waals surface area contributed by atoms with Gasteiger partial charge in [0.1, 0.15) is 4.90 Å². The Morgan fingerprint density at radius 3 is 2.59 bits per heavy atom. The van der Waals surface area contributed by atoms with Crippen LogP contribution in [-0.4, -0.2) is 44.8 Å². The highest BCUT2D eigenvalue weighted by atomic mass is 32.2. The number of anilines is 1. The molecule has 0 saturated heterocycles. The van der Waals surface area contributed by atoms with E-state index >= 15 is 0 Å². The van der Waals surface area contributed by atoms with Crippen molar-refractivity contribution in [2.45, 2.75) is 69.4 Å². The van der Waals surface area contributed by atoms with Crippen molar-refractivity contribution in [1.82, 2.24) is 4.72 Å². The Morgan fingerprint density at radius 1 is 1.26 bits per heavy atom. The van der Waals surface area contributed by atoms with E-state index in [1.54, 1.807) is 6.07 Å². The highest BCUT2D eigenvalue weighted by Gasteiger charge is 2.23. The molecule has 0 amide bonds. The molecular weight excluding hydrogens is 368 g/mol. The third-order valence-corrected chi connectivity index (χ3v) is 6.05. The van der Waals surface area contributed by atoms with Crippen LogP contribution in [0.15, 0.2) is 23.1 Å². The third-order valence-electron chi connectivity index (χ3n) is 4.55. The monoisotopic (exact) mass is 398 g/mol. The number of carboxylic acid groups (broad SMARTS) is 1. The van der Waals surface area contributed by atoms with E-state index in [-0.39, 0.29) is 29.1 Å². The Bertz CT molecular complexity index is 728. The van der Waals surface area contributed by atoms with E-state index < -0.39 is 16.0 Å². The van der Waals surface area contributed by atoms with E-state index in [0.29, 0.717) is 18.7 Å². The molecule has 27 heavy (non-hydrogen) atoms. The van der Waals surface area contributed by atoms with Crippen LogP contribution in [0.4, 0.5) is 5.69 Å². The lowest BCUT2D eigenvalue weighted by Crippen LogP contribution is -2.29. The van der Waals surface area contributed by atoms with Gasteiger partial charge in [-0.2, -0.15) is 0 Å². The van der Waals surface area contributed by atoms with Gasteiger partial charge in [-0.25, -0.2) is 17.9 Å². The molecule has 0 aromatic heterocycles. The number of aromatic carboxylic acids is 1. The number of ether oxygens (including phenoxy) is 1. The van der Waals surface area contributed by atoms with Crippen molar-refractivity contribution in [1.29, 1.82) is 0 Å². The summed E-state index contributed by atoms with van der Waals surface area (Å²) in [4.78, 5) is 11.3. The van der Waals surface area contributed by atoms with Crippen LogP contribution in [0.3, 0.4) is 0 Å². The molecular formula is C19H30N2O5S. The number of rotatable bonds is 10. The molecule has 0 unspecified atom stereocenters. The Labute approximate surface area is 161 Å². The van der Waals surface area contributed by atoms with Gasteiger partial charge in [0.05, 0.1) is 17.4 Å². The summed E-state index contributed by atoms with van der Waals surface area (Å²) >= 11 is 0. The van der Waals surface area contributed by atoms with Crippen LogP contribution in [0, 0.1) is 0 Å². The second kappa shape index (κ2) is 10.1. The second-order valence-corrected chi connectivity index (χ2v) is 8.90. The Hall–Kier alpha value is -1.64. The Balaban J connectivity index is 2.14. The molecule has 3 N–H and O–H groups in total. The van der Waals surface area contributed by atoms with Crippen molar-refractivity contribution < 1.29 is 23.1 Å². The molecule has 1 aromatic rings. The summed E-state index contributed by atoms with van der Waals surface area (Å²) in [6.07, 6.45) is 6.03. The molecule has 0 heterocycles. The minimum absolute atomic E-state index is 0.0160. The number of hydrogen-bond donors (Lipinski definition) is 3. The standard InChI is InChI=1S/C19H30N2O5S/c1-14(2)26-12-6-11-20-27(24,25)18-13-15(19(22)23)9-10-17(18)21-16-7-4-3-5-8-16/h9-10,13-14,16,20-21H,3-8,11-12H2,1-2H3,(H,22,23). The summed E-state index contributed by atoms with van der Waals surface area (Å²) in [5.74, 6) is -1.15. The molecule has 1 aliphatic rings. The number of hydrogen-bond acceptors (Lipinski definition) is 5. The van der Waals surface area contributed by atoms with Crippen LogP contribution >= 0.6 is 0 Å². The summed E-state index contributed by atoms with van der Waals surface area (Å²) in [6, 6.07) is 4.42. The van der Waals surface area contributed by atoms with Gasteiger partial charge in [0, 0.05) is 19.2 Å².